The maximum atomic E-state index is 12.1. The summed E-state index contributed by atoms with van der Waals surface area (Å²) in [6.07, 6.45) is 2.57. The first-order valence-corrected chi connectivity index (χ1v) is 8.34. The molecule has 0 saturated carbocycles. The molecule has 3 rings (SSSR count). The van der Waals surface area contributed by atoms with E-state index in [0.29, 0.717) is 6.54 Å². The number of aromatic nitrogens is 1. The molecule has 24 heavy (non-hydrogen) atoms. The van der Waals surface area contributed by atoms with Crippen LogP contribution in [0.25, 0.3) is 11.3 Å². The van der Waals surface area contributed by atoms with Gasteiger partial charge in [0.05, 0.1) is 12.2 Å². The Labute approximate surface area is 143 Å². The summed E-state index contributed by atoms with van der Waals surface area (Å²) >= 11 is 0. The summed E-state index contributed by atoms with van der Waals surface area (Å²) in [6.45, 7) is 8.34. The molecule has 4 heteroatoms. The topological polar surface area (TPSA) is 51.2 Å². The second-order valence-electron chi connectivity index (χ2n) is 7.42. The fourth-order valence-corrected chi connectivity index (χ4v) is 2.89. The lowest BCUT2D eigenvalue weighted by molar-refractivity contribution is -0.128. The first kappa shape index (κ1) is 16.5. The number of carbonyl (C=O) groups is 1. The molecule has 1 amide bonds. The number of nitrogens with zero attached hydrogens (tertiary/aromatic N) is 1. The SMILES string of the molecule is Cc1cc2c(c(-c3ccccn3)c1)O[C@@H](CNC(=O)C(C)(C)C)C2. The van der Waals surface area contributed by atoms with Gasteiger partial charge in [-0.2, -0.15) is 0 Å². The zero-order valence-corrected chi connectivity index (χ0v) is 14.7. The van der Waals surface area contributed by atoms with Gasteiger partial charge in [-0.1, -0.05) is 32.9 Å². The summed E-state index contributed by atoms with van der Waals surface area (Å²) in [4.78, 5) is 16.5. The van der Waals surface area contributed by atoms with Gasteiger partial charge in [0.25, 0.3) is 0 Å². The van der Waals surface area contributed by atoms with Crippen LogP contribution < -0.4 is 10.1 Å². The second kappa shape index (κ2) is 6.27. The monoisotopic (exact) mass is 324 g/mol. The molecule has 0 bridgehead atoms. The van der Waals surface area contributed by atoms with Gasteiger partial charge in [-0.25, -0.2) is 0 Å². The molecule has 0 aliphatic carbocycles. The van der Waals surface area contributed by atoms with Gasteiger partial charge < -0.3 is 10.1 Å². The number of benzene rings is 1. The molecule has 0 fully saturated rings. The summed E-state index contributed by atoms with van der Waals surface area (Å²) < 4.78 is 6.16. The highest BCUT2D eigenvalue weighted by molar-refractivity contribution is 5.81. The standard InChI is InChI=1S/C20H24N2O2/c1-13-9-14-11-15(12-22-19(23)20(2,3)4)24-18(14)16(10-13)17-7-5-6-8-21-17/h5-10,15H,11-12H2,1-4H3,(H,22,23)/t15-/m1/s1. The van der Waals surface area contributed by atoms with E-state index in [1.807, 2.05) is 39.0 Å². The number of aryl methyl sites for hydroxylation is 1. The van der Waals surface area contributed by atoms with Crippen molar-refractivity contribution in [1.82, 2.24) is 10.3 Å². The highest BCUT2D eigenvalue weighted by Gasteiger charge is 2.28. The van der Waals surface area contributed by atoms with Crippen LogP contribution in [-0.2, 0) is 11.2 Å². The van der Waals surface area contributed by atoms with Gasteiger partial charge in [0.2, 0.25) is 5.91 Å². The van der Waals surface area contributed by atoms with Crippen molar-refractivity contribution in [3.63, 3.8) is 0 Å². The molecule has 4 nitrogen and oxygen atoms in total. The van der Waals surface area contributed by atoms with Crippen LogP contribution in [0.3, 0.4) is 0 Å². The van der Waals surface area contributed by atoms with Crippen molar-refractivity contribution in [2.24, 2.45) is 5.41 Å². The van der Waals surface area contributed by atoms with Crippen molar-refractivity contribution in [3.05, 3.63) is 47.7 Å². The molecule has 126 valence electrons. The Morgan fingerprint density at radius 1 is 1.33 bits per heavy atom. The molecule has 2 aromatic rings. The molecule has 2 heterocycles. The van der Waals surface area contributed by atoms with Crippen molar-refractivity contribution < 1.29 is 9.53 Å². The van der Waals surface area contributed by atoms with Crippen molar-refractivity contribution in [3.8, 4) is 17.0 Å². The van der Waals surface area contributed by atoms with Crippen LogP contribution in [0, 0.1) is 12.3 Å². The average Bonchev–Trinajstić information content (AvgIpc) is 2.94. The molecule has 0 spiro atoms. The quantitative estimate of drug-likeness (QED) is 0.940. The minimum Gasteiger partial charge on any atom is -0.487 e. The lowest BCUT2D eigenvalue weighted by Gasteiger charge is -2.19. The summed E-state index contributed by atoms with van der Waals surface area (Å²) in [6, 6.07) is 10.1. The maximum Gasteiger partial charge on any atom is 0.225 e. The number of amides is 1. The van der Waals surface area contributed by atoms with E-state index in [4.69, 9.17) is 4.74 Å². The number of hydrogen-bond acceptors (Lipinski definition) is 3. The first-order chi connectivity index (χ1) is 11.3. The van der Waals surface area contributed by atoms with E-state index in [0.717, 1.165) is 23.4 Å². The van der Waals surface area contributed by atoms with Gasteiger partial charge in [0, 0.05) is 23.6 Å². The third-order valence-electron chi connectivity index (χ3n) is 4.15. The Morgan fingerprint density at radius 3 is 2.79 bits per heavy atom. The number of carbonyl (C=O) groups excluding carboxylic acids is 1. The zero-order chi connectivity index (χ0) is 17.3. The third-order valence-corrected chi connectivity index (χ3v) is 4.15. The van der Waals surface area contributed by atoms with Crippen molar-refractivity contribution in [2.45, 2.75) is 40.2 Å². The number of ether oxygens (including phenoxy) is 1. The van der Waals surface area contributed by atoms with Crippen LogP contribution in [0.1, 0.15) is 31.9 Å². The van der Waals surface area contributed by atoms with E-state index in [1.165, 1.54) is 11.1 Å². The fraction of sp³-hybridized carbons (Fsp3) is 0.400. The predicted octanol–water partition coefficient (Wildman–Crippen LogP) is 3.52. The van der Waals surface area contributed by atoms with Gasteiger partial charge in [0.15, 0.2) is 0 Å². The van der Waals surface area contributed by atoms with Crippen LogP contribution in [0.2, 0.25) is 0 Å². The maximum absolute atomic E-state index is 12.1. The van der Waals surface area contributed by atoms with E-state index in [2.05, 4.69) is 29.4 Å². The summed E-state index contributed by atoms with van der Waals surface area (Å²) in [5.74, 6) is 0.942. The van der Waals surface area contributed by atoms with Crippen LogP contribution >= 0.6 is 0 Å². The van der Waals surface area contributed by atoms with Crippen molar-refractivity contribution in [2.75, 3.05) is 6.54 Å². The molecule has 0 radical (unpaired) electrons. The van der Waals surface area contributed by atoms with Crippen LogP contribution in [-0.4, -0.2) is 23.5 Å². The molecule has 1 aliphatic heterocycles. The molecule has 0 unspecified atom stereocenters. The molecule has 1 atom stereocenters. The third kappa shape index (κ3) is 3.42. The van der Waals surface area contributed by atoms with Gasteiger partial charge >= 0.3 is 0 Å². The van der Waals surface area contributed by atoms with Crippen LogP contribution in [0.5, 0.6) is 5.75 Å². The van der Waals surface area contributed by atoms with Crippen molar-refractivity contribution >= 4 is 5.91 Å². The number of hydrogen-bond donors (Lipinski definition) is 1. The molecule has 1 aliphatic rings. The van der Waals surface area contributed by atoms with Crippen LogP contribution in [0.4, 0.5) is 0 Å². The molecular formula is C20H24N2O2. The zero-order valence-electron chi connectivity index (χ0n) is 14.7. The highest BCUT2D eigenvalue weighted by atomic mass is 16.5. The van der Waals surface area contributed by atoms with Gasteiger partial charge in [-0.15, -0.1) is 0 Å². The van der Waals surface area contributed by atoms with Gasteiger partial charge in [0.1, 0.15) is 11.9 Å². The Kier molecular flexibility index (Phi) is 4.31. The fourth-order valence-electron chi connectivity index (χ4n) is 2.89. The second-order valence-corrected chi connectivity index (χ2v) is 7.42. The van der Waals surface area contributed by atoms with Gasteiger partial charge in [-0.3, -0.25) is 9.78 Å². The molecule has 0 saturated heterocycles. The molecule has 1 aromatic heterocycles. The lowest BCUT2D eigenvalue weighted by Crippen LogP contribution is -2.40. The Hall–Kier alpha value is -2.36. The van der Waals surface area contributed by atoms with Crippen molar-refractivity contribution in [1.29, 1.82) is 0 Å². The summed E-state index contributed by atoms with van der Waals surface area (Å²) in [5.41, 5.74) is 3.93. The van der Waals surface area contributed by atoms with E-state index in [-0.39, 0.29) is 17.4 Å². The number of fused-ring (bicyclic) bond motifs is 1. The normalized spacial score (nSPS) is 16.4. The molecule has 1 N–H and O–H groups in total. The molecular weight excluding hydrogens is 300 g/mol. The molecule has 1 aromatic carbocycles. The summed E-state index contributed by atoms with van der Waals surface area (Å²) in [7, 11) is 0. The Balaban J connectivity index is 1.79. The number of rotatable bonds is 3. The average molecular weight is 324 g/mol. The smallest absolute Gasteiger partial charge is 0.225 e. The highest BCUT2D eigenvalue weighted by Crippen LogP contribution is 2.39. The van der Waals surface area contributed by atoms with Crippen LogP contribution in [0.15, 0.2) is 36.5 Å². The largest absolute Gasteiger partial charge is 0.487 e. The first-order valence-electron chi connectivity index (χ1n) is 8.34. The van der Waals surface area contributed by atoms with Gasteiger partial charge in [-0.05, 0) is 36.2 Å². The summed E-state index contributed by atoms with van der Waals surface area (Å²) in [5, 5.41) is 2.99. The van der Waals surface area contributed by atoms with E-state index >= 15 is 0 Å². The predicted molar refractivity (Wildman–Crippen MR) is 95.0 cm³/mol. The number of nitrogens with one attached hydrogen (secondary N) is 1. The Bertz CT molecular complexity index is 748. The van der Waals surface area contributed by atoms with E-state index < -0.39 is 0 Å². The minimum atomic E-state index is -0.388. The van der Waals surface area contributed by atoms with E-state index in [9.17, 15) is 4.79 Å². The lowest BCUT2D eigenvalue weighted by atomic mass is 9.95. The van der Waals surface area contributed by atoms with E-state index in [1.54, 1.807) is 6.20 Å². The Morgan fingerprint density at radius 2 is 2.12 bits per heavy atom. The number of pyridine rings is 1. The minimum absolute atomic E-state index is 0.0319.